The lowest BCUT2D eigenvalue weighted by Gasteiger charge is -2.37. The van der Waals surface area contributed by atoms with Crippen LogP contribution in [0.15, 0.2) is 24.3 Å². The van der Waals surface area contributed by atoms with Crippen molar-refractivity contribution in [1.29, 1.82) is 0 Å². The fourth-order valence-corrected chi connectivity index (χ4v) is 2.67. The van der Waals surface area contributed by atoms with Crippen LogP contribution in [0.1, 0.15) is 12.0 Å². The van der Waals surface area contributed by atoms with Gasteiger partial charge in [0.1, 0.15) is 6.61 Å². The summed E-state index contributed by atoms with van der Waals surface area (Å²) in [6.45, 7) is 1.83. The summed E-state index contributed by atoms with van der Waals surface area (Å²) in [7, 11) is 3.85. The van der Waals surface area contributed by atoms with Gasteiger partial charge in [0.05, 0.1) is 13.2 Å². The van der Waals surface area contributed by atoms with Gasteiger partial charge in [0, 0.05) is 12.1 Å². The van der Waals surface area contributed by atoms with Gasteiger partial charge in [0.25, 0.3) is 0 Å². The van der Waals surface area contributed by atoms with Gasteiger partial charge in [0.2, 0.25) is 0 Å². The van der Waals surface area contributed by atoms with E-state index in [1.165, 1.54) is 11.1 Å². The van der Waals surface area contributed by atoms with Crippen LogP contribution in [0.2, 0.25) is 0 Å². The summed E-state index contributed by atoms with van der Waals surface area (Å²) < 4.78 is 11.2. The number of benzene rings is 1. The van der Waals surface area contributed by atoms with E-state index in [-0.39, 0.29) is 12.4 Å². The first kappa shape index (κ1) is 13.2. The maximum absolute atomic E-state index is 5.88. The molecule has 0 saturated carbocycles. The number of methoxy groups -OCH3 is 1. The third-order valence-electron chi connectivity index (χ3n) is 3.63. The van der Waals surface area contributed by atoms with Crippen molar-refractivity contribution in [3.63, 3.8) is 0 Å². The Morgan fingerprint density at radius 3 is 3.00 bits per heavy atom. The van der Waals surface area contributed by atoms with Crippen LogP contribution in [0.3, 0.4) is 0 Å². The van der Waals surface area contributed by atoms with Gasteiger partial charge in [-0.25, -0.2) is 0 Å². The van der Waals surface area contributed by atoms with Gasteiger partial charge in [-0.3, -0.25) is 4.90 Å². The third kappa shape index (κ3) is 1.98. The number of fused-ring (bicyclic) bond motifs is 3. The van der Waals surface area contributed by atoms with Crippen molar-refractivity contribution in [3.05, 3.63) is 29.8 Å². The number of para-hydroxylation sites is 1. The van der Waals surface area contributed by atoms with Crippen LogP contribution >= 0.6 is 12.4 Å². The lowest BCUT2D eigenvalue weighted by Crippen LogP contribution is -2.42. The third-order valence-corrected chi connectivity index (χ3v) is 3.63. The van der Waals surface area contributed by atoms with Gasteiger partial charge in [-0.05, 0) is 25.1 Å². The smallest absolute Gasteiger partial charge is 0.168 e. The summed E-state index contributed by atoms with van der Waals surface area (Å²) in [4.78, 5) is 2.36. The lowest BCUT2D eigenvalue weighted by molar-refractivity contribution is 0.179. The molecule has 2 aliphatic heterocycles. The molecule has 98 valence electrons. The number of ether oxygens (including phenoxy) is 2. The lowest BCUT2D eigenvalue weighted by atomic mass is 9.91. The van der Waals surface area contributed by atoms with Crippen LogP contribution in [-0.4, -0.2) is 38.3 Å². The van der Waals surface area contributed by atoms with Gasteiger partial charge in [0.15, 0.2) is 11.5 Å². The second-order valence-corrected chi connectivity index (χ2v) is 4.59. The normalized spacial score (nSPS) is 21.9. The minimum Gasteiger partial charge on any atom is -0.493 e. The molecule has 1 aromatic rings. The van der Waals surface area contributed by atoms with E-state index in [2.05, 4.69) is 24.1 Å². The standard InChI is InChI=1S/C14H17NO2.ClH/c1-15-8-4-6-10-11-5-3-7-13(16-2)14(11)17-9-12(10)15;/h3,5-7,12H,4,8-9H2,1-2H3;1H. The number of halogens is 1. The summed E-state index contributed by atoms with van der Waals surface area (Å²) in [6, 6.07) is 6.49. The van der Waals surface area contributed by atoms with E-state index in [0.29, 0.717) is 6.04 Å². The summed E-state index contributed by atoms with van der Waals surface area (Å²) in [5.74, 6) is 1.72. The largest absolute Gasteiger partial charge is 0.493 e. The van der Waals surface area contributed by atoms with Crippen molar-refractivity contribution in [3.8, 4) is 11.5 Å². The maximum atomic E-state index is 5.88. The van der Waals surface area contributed by atoms with Crippen molar-refractivity contribution >= 4 is 18.0 Å². The topological polar surface area (TPSA) is 21.7 Å². The van der Waals surface area contributed by atoms with Crippen molar-refractivity contribution in [1.82, 2.24) is 4.90 Å². The molecule has 0 aliphatic carbocycles. The van der Waals surface area contributed by atoms with Crippen LogP contribution < -0.4 is 9.47 Å². The molecule has 1 unspecified atom stereocenters. The zero-order chi connectivity index (χ0) is 11.8. The molecule has 0 saturated heterocycles. The van der Waals surface area contributed by atoms with E-state index in [1.54, 1.807) is 7.11 Å². The van der Waals surface area contributed by atoms with Crippen LogP contribution in [0.5, 0.6) is 11.5 Å². The van der Waals surface area contributed by atoms with Crippen molar-refractivity contribution in [2.24, 2.45) is 0 Å². The SMILES string of the molecule is COc1cccc2c1OCC1C2=CCCN1C.Cl. The summed E-state index contributed by atoms with van der Waals surface area (Å²) in [5.41, 5.74) is 2.58. The van der Waals surface area contributed by atoms with Crippen molar-refractivity contribution in [2.45, 2.75) is 12.5 Å². The van der Waals surface area contributed by atoms with Crippen molar-refractivity contribution in [2.75, 3.05) is 27.3 Å². The average Bonchev–Trinajstić information content (AvgIpc) is 2.38. The maximum Gasteiger partial charge on any atom is 0.168 e. The van der Waals surface area contributed by atoms with E-state index in [1.807, 2.05) is 12.1 Å². The molecule has 0 radical (unpaired) electrons. The fraction of sp³-hybridized carbons (Fsp3) is 0.429. The molecule has 2 heterocycles. The minimum atomic E-state index is 0. The first-order valence-electron chi connectivity index (χ1n) is 6.01. The van der Waals surface area contributed by atoms with Crippen LogP contribution in [0.25, 0.3) is 5.57 Å². The number of hydrogen-bond donors (Lipinski definition) is 0. The molecule has 2 aliphatic rings. The summed E-state index contributed by atoms with van der Waals surface area (Å²) in [5, 5.41) is 0. The Kier molecular flexibility index (Phi) is 3.83. The number of rotatable bonds is 1. The second-order valence-electron chi connectivity index (χ2n) is 4.59. The molecule has 3 nitrogen and oxygen atoms in total. The average molecular weight is 268 g/mol. The quantitative estimate of drug-likeness (QED) is 0.781. The van der Waals surface area contributed by atoms with E-state index < -0.39 is 0 Å². The Balaban J connectivity index is 0.00000120. The Morgan fingerprint density at radius 1 is 1.39 bits per heavy atom. The van der Waals surface area contributed by atoms with E-state index in [4.69, 9.17) is 9.47 Å². The van der Waals surface area contributed by atoms with Crippen LogP contribution in [0, 0.1) is 0 Å². The van der Waals surface area contributed by atoms with Gasteiger partial charge in [-0.1, -0.05) is 18.2 Å². The highest BCUT2D eigenvalue weighted by Crippen LogP contribution is 2.42. The second kappa shape index (κ2) is 5.21. The molecule has 1 aromatic carbocycles. The number of nitrogens with zero attached hydrogens (tertiary/aromatic N) is 1. The Morgan fingerprint density at radius 2 is 2.22 bits per heavy atom. The monoisotopic (exact) mass is 267 g/mol. The molecule has 0 aromatic heterocycles. The van der Waals surface area contributed by atoms with E-state index >= 15 is 0 Å². The highest BCUT2D eigenvalue weighted by atomic mass is 35.5. The molecule has 0 fully saturated rings. The molecule has 0 bridgehead atoms. The Hall–Kier alpha value is -1.19. The van der Waals surface area contributed by atoms with Crippen molar-refractivity contribution < 1.29 is 9.47 Å². The summed E-state index contributed by atoms with van der Waals surface area (Å²) in [6.07, 6.45) is 3.45. The molecule has 0 N–H and O–H groups in total. The van der Waals surface area contributed by atoms with Gasteiger partial charge < -0.3 is 9.47 Å². The first-order valence-corrected chi connectivity index (χ1v) is 6.01. The van der Waals surface area contributed by atoms with Gasteiger partial charge in [-0.2, -0.15) is 0 Å². The molecule has 4 heteroatoms. The highest BCUT2D eigenvalue weighted by molar-refractivity contribution is 5.85. The number of hydrogen-bond acceptors (Lipinski definition) is 3. The van der Waals surface area contributed by atoms with Gasteiger partial charge >= 0.3 is 0 Å². The molecular weight excluding hydrogens is 250 g/mol. The van der Waals surface area contributed by atoms with E-state index in [0.717, 1.165) is 31.1 Å². The minimum absolute atomic E-state index is 0. The van der Waals surface area contributed by atoms with Gasteiger partial charge in [-0.15, -0.1) is 12.4 Å². The zero-order valence-electron chi connectivity index (χ0n) is 10.7. The first-order chi connectivity index (χ1) is 8.31. The zero-order valence-corrected chi connectivity index (χ0v) is 11.5. The molecular formula is C14H18ClNO2. The molecule has 18 heavy (non-hydrogen) atoms. The Bertz CT molecular complexity index is 473. The fourth-order valence-electron chi connectivity index (χ4n) is 2.67. The predicted octanol–water partition coefficient (Wildman–Crippen LogP) is 2.60. The summed E-state index contributed by atoms with van der Waals surface area (Å²) >= 11 is 0. The Labute approximate surface area is 114 Å². The predicted molar refractivity (Wildman–Crippen MR) is 74.7 cm³/mol. The van der Waals surface area contributed by atoms with Crippen LogP contribution in [-0.2, 0) is 0 Å². The molecule has 0 amide bonds. The highest BCUT2D eigenvalue weighted by Gasteiger charge is 2.31. The van der Waals surface area contributed by atoms with E-state index in [9.17, 15) is 0 Å². The molecule has 3 rings (SSSR count). The van der Waals surface area contributed by atoms with Crippen LogP contribution in [0.4, 0.5) is 0 Å². The molecule has 0 spiro atoms. The molecule has 1 atom stereocenters. The number of likely N-dealkylation sites (N-methyl/N-ethyl adjacent to an activating group) is 1.